The Morgan fingerprint density at radius 1 is 1.37 bits per heavy atom. The molecule has 4 nitrogen and oxygen atoms in total. The van der Waals surface area contributed by atoms with Crippen molar-refractivity contribution in [3.63, 3.8) is 0 Å². The van der Waals surface area contributed by atoms with Gasteiger partial charge in [-0.3, -0.25) is 0 Å². The first-order valence-electron chi connectivity index (χ1n) is 8.81. The highest BCUT2D eigenvalue weighted by Gasteiger charge is 2.23. The third-order valence-corrected chi connectivity index (χ3v) is 5.18. The van der Waals surface area contributed by atoms with Crippen molar-refractivity contribution < 1.29 is 13.9 Å². The molecule has 1 unspecified atom stereocenters. The fraction of sp³-hybridized carbons (Fsp3) is 0.350. The summed E-state index contributed by atoms with van der Waals surface area (Å²) in [6.07, 6.45) is 2.05. The van der Waals surface area contributed by atoms with E-state index in [1.54, 1.807) is 19.2 Å². The third kappa shape index (κ3) is 5.31. The lowest BCUT2D eigenvalue weighted by Gasteiger charge is -2.29. The summed E-state index contributed by atoms with van der Waals surface area (Å²) < 4.78 is 25.3. The van der Waals surface area contributed by atoms with Gasteiger partial charge in [0.1, 0.15) is 11.6 Å². The Hall–Kier alpha value is -1.89. The maximum atomic E-state index is 14.3. The number of hydrogen-bond acceptors (Lipinski definition) is 3. The quantitative estimate of drug-likeness (QED) is 0.690. The average Bonchev–Trinajstić information content (AvgIpc) is 3.17. The monoisotopic (exact) mass is 408 g/mol. The highest BCUT2D eigenvalue weighted by molar-refractivity contribution is 7.80. The fourth-order valence-corrected chi connectivity index (χ4v) is 3.51. The van der Waals surface area contributed by atoms with Crippen molar-refractivity contribution in [2.75, 3.05) is 25.6 Å². The summed E-state index contributed by atoms with van der Waals surface area (Å²) in [5.41, 5.74) is 1.23. The van der Waals surface area contributed by atoms with Gasteiger partial charge in [-0.1, -0.05) is 23.7 Å². The van der Waals surface area contributed by atoms with E-state index in [2.05, 4.69) is 5.32 Å². The van der Waals surface area contributed by atoms with Crippen LogP contribution in [0.1, 0.15) is 18.4 Å². The lowest BCUT2D eigenvalue weighted by atomic mass is 10.1. The molecule has 0 amide bonds. The fourth-order valence-electron chi connectivity index (χ4n) is 3.03. The number of anilines is 1. The van der Waals surface area contributed by atoms with Crippen LogP contribution in [0, 0.1) is 5.82 Å². The van der Waals surface area contributed by atoms with Crippen LogP contribution >= 0.6 is 23.8 Å². The van der Waals surface area contributed by atoms with Gasteiger partial charge in [-0.05, 0) is 49.3 Å². The zero-order valence-corrected chi connectivity index (χ0v) is 16.7. The van der Waals surface area contributed by atoms with Crippen LogP contribution in [-0.2, 0) is 11.3 Å². The molecule has 0 spiro atoms. The topological polar surface area (TPSA) is 33.7 Å². The Labute approximate surface area is 169 Å². The van der Waals surface area contributed by atoms with Gasteiger partial charge in [0.05, 0.1) is 13.2 Å². The van der Waals surface area contributed by atoms with Crippen LogP contribution in [0.25, 0.3) is 0 Å². The highest BCUT2D eigenvalue weighted by Crippen LogP contribution is 2.24. The van der Waals surface area contributed by atoms with Gasteiger partial charge in [0, 0.05) is 42.0 Å². The van der Waals surface area contributed by atoms with Crippen LogP contribution in [-0.4, -0.2) is 36.4 Å². The molecular formula is C20H22ClFN2O2S. The van der Waals surface area contributed by atoms with Crippen molar-refractivity contribution in [1.82, 2.24) is 4.90 Å². The molecule has 1 aliphatic rings. The van der Waals surface area contributed by atoms with Crippen LogP contribution in [0.15, 0.2) is 42.5 Å². The van der Waals surface area contributed by atoms with Gasteiger partial charge in [0.25, 0.3) is 0 Å². The molecule has 1 N–H and O–H groups in total. The van der Waals surface area contributed by atoms with Crippen LogP contribution in [0.2, 0.25) is 5.02 Å². The molecule has 1 atom stereocenters. The van der Waals surface area contributed by atoms with Gasteiger partial charge in [-0.15, -0.1) is 0 Å². The second-order valence-electron chi connectivity index (χ2n) is 6.38. The summed E-state index contributed by atoms with van der Waals surface area (Å²) in [5, 5.41) is 4.08. The maximum Gasteiger partial charge on any atom is 0.173 e. The summed E-state index contributed by atoms with van der Waals surface area (Å²) in [6, 6.07) is 12.2. The molecule has 2 aromatic carbocycles. The van der Waals surface area contributed by atoms with Gasteiger partial charge in [0.15, 0.2) is 5.11 Å². The van der Waals surface area contributed by atoms with Crippen LogP contribution in [0.5, 0.6) is 5.75 Å². The predicted molar refractivity (Wildman–Crippen MR) is 110 cm³/mol. The summed E-state index contributed by atoms with van der Waals surface area (Å²) in [5.74, 6) is 0.384. The number of nitrogens with one attached hydrogen (secondary N) is 1. The zero-order chi connectivity index (χ0) is 19.2. The Bertz CT molecular complexity index is 779. The largest absolute Gasteiger partial charge is 0.497 e. The van der Waals surface area contributed by atoms with E-state index in [9.17, 15) is 4.39 Å². The molecule has 0 radical (unpaired) electrons. The maximum absolute atomic E-state index is 14.3. The number of benzene rings is 2. The molecule has 144 valence electrons. The Morgan fingerprint density at radius 2 is 2.19 bits per heavy atom. The second kappa shape index (κ2) is 9.35. The summed E-state index contributed by atoms with van der Waals surface area (Å²) in [6.45, 7) is 1.58. The van der Waals surface area contributed by atoms with E-state index < -0.39 is 0 Å². The lowest BCUT2D eigenvalue weighted by Crippen LogP contribution is -2.39. The number of halogens is 2. The SMILES string of the molecule is COc1cccc(NC(=S)N(Cc2c(F)cccc2Cl)CC2CCCO2)c1. The van der Waals surface area contributed by atoms with E-state index >= 15 is 0 Å². The molecule has 1 heterocycles. The number of methoxy groups -OCH3 is 1. The van der Waals surface area contributed by atoms with Gasteiger partial charge in [-0.2, -0.15) is 0 Å². The number of nitrogens with zero attached hydrogens (tertiary/aromatic N) is 1. The smallest absolute Gasteiger partial charge is 0.173 e. The molecule has 0 aromatic heterocycles. The lowest BCUT2D eigenvalue weighted by molar-refractivity contribution is 0.0903. The Kier molecular flexibility index (Phi) is 6.88. The molecule has 3 rings (SSSR count). The van der Waals surface area contributed by atoms with Crippen molar-refractivity contribution in [2.45, 2.75) is 25.5 Å². The Morgan fingerprint density at radius 3 is 2.89 bits per heavy atom. The van der Waals surface area contributed by atoms with Gasteiger partial charge >= 0.3 is 0 Å². The van der Waals surface area contributed by atoms with Gasteiger partial charge in [-0.25, -0.2) is 4.39 Å². The number of thiocarbonyl (C=S) groups is 1. The molecular weight excluding hydrogens is 387 g/mol. The van der Waals surface area contributed by atoms with Gasteiger partial charge in [0.2, 0.25) is 0 Å². The van der Waals surface area contributed by atoms with Crippen molar-refractivity contribution in [1.29, 1.82) is 0 Å². The number of hydrogen-bond donors (Lipinski definition) is 1. The summed E-state index contributed by atoms with van der Waals surface area (Å²) >= 11 is 11.8. The Balaban J connectivity index is 1.78. The minimum atomic E-state index is -0.343. The predicted octanol–water partition coefficient (Wildman–Crippen LogP) is 4.87. The summed E-state index contributed by atoms with van der Waals surface area (Å²) in [7, 11) is 1.61. The molecule has 1 saturated heterocycles. The second-order valence-corrected chi connectivity index (χ2v) is 7.17. The minimum Gasteiger partial charge on any atom is -0.497 e. The van der Waals surface area contributed by atoms with Crippen molar-refractivity contribution in [3.8, 4) is 5.75 Å². The third-order valence-electron chi connectivity index (χ3n) is 4.47. The normalized spacial score (nSPS) is 16.2. The molecule has 0 bridgehead atoms. The zero-order valence-electron chi connectivity index (χ0n) is 15.1. The van der Waals surface area contributed by atoms with E-state index in [1.165, 1.54) is 6.07 Å². The van der Waals surface area contributed by atoms with Gasteiger partial charge < -0.3 is 19.7 Å². The number of rotatable bonds is 6. The molecule has 7 heteroatoms. The van der Waals surface area contributed by atoms with Crippen molar-refractivity contribution in [3.05, 3.63) is 58.9 Å². The standard InChI is InChI=1S/C20H22ClFN2O2S/c1-25-15-6-2-5-14(11-15)23-20(27)24(12-16-7-4-10-26-16)13-17-18(21)8-3-9-19(17)22/h2-3,5-6,8-9,11,16H,4,7,10,12-13H2,1H3,(H,23,27). The van der Waals surface area contributed by atoms with Crippen LogP contribution < -0.4 is 10.1 Å². The van der Waals surface area contributed by atoms with E-state index in [-0.39, 0.29) is 18.5 Å². The first kappa shape index (κ1) is 19.9. The highest BCUT2D eigenvalue weighted by atomic mass is 35.5. The van der Waals surface area contributed by atoms with Crippen molar-refractivity contribution >= 4 is 34.6 Å². The molecule has 1 fully saturated rings. The van der Waals surface area contributed by atoms with E-state index in [1.807, 2.05) is 29.2 Å². The minimum absolute atomic E-state index is 0.0700. The molecule has 0 aliphatic carbocycles. The molecule has 0 saturated carbocycles. The average molecular weight is 409 g/mol. The van der Waals surface area contributed by atoms with E-state index in [0.717, 1.165) is 30.9 Å². The van der Waals surface area contributed by atoms with E-state index in [0.29, 0.717) is 22.2 Å². The van der Waals surface area contributed by atoms with Crippen LogP contribution in [0.4, 0.5) is 10.1 Å². The first-order chi connectivity index (χ1) is 13.1. The van der Waals surface area contributed by atoms with E-state index in [4.69, 9.17) is 33.3 Å². The molecule has 27 heavy (non-hydrogen) atoms. The number of ether oxygens (including phenoxy) is 2. The first-order valence-corrected chi connectivity index (χ1v) is 9.60. The molecule has 1 aliphatic heterocycles. The van der Waals surface area contributed by atoms with Crippen molar-refractivity contribution in [2.24, 2.45) is 0 Å². The van der Waals surface area contributed by atoms with Crippen LogP contribution in [0.3, 0.4) is 0 Å². The summed E-state index contributed by atoms with van der Waals surface area (Å²) in [4.78, 5) is 1.90. The molecule has 2 aromatic rings.